The van der Waals surface area contributed by atoms with Crippen molar-refractivity contribution in [3.05, 3.63) is 46.4 Å². The molecule has 0 radical (unpaired) electrons. The molecular weight excluding hydrogens is 256 g/mol. The molecule has 17 heavy (non-hydrogen) atoms. The summed E-state index contributed by atoms with van der Waals surface area (Å²) in [5.74, 6) is 0.477. The molecule has 1 aromatic heterocycles. The van der Waals surface area contributed by atoms with Crippen LogP contribution in [0.4, 0.5) is 5.69 Å². The number of nitrogens with one attached hydrogen (secondary N) is 1. The largest absolute Gasteiger partial charge is 0.321 e. The smallest absolute Gasteiger partial charge is 0.267 e. The minimum atomic E-state index is -0.127. The van der Waals surface area contributed by atoms with Crippen molar-refractivity contribution in [1.82, 2.24) is 4.98 Å². The lowest BCUT2D eigenvalue weighted by Crippen LogP contribution is -2.10. The van der Waals surface area contributed by atoms with Gasteiger partial charge >= 0.3 is 0 Å². The van der Waals surface area contributed by atoms with Gasteiger partial charge in [-0.25, -0.2) is 0 Å². The highest BCUT2D eigenvalue weighted by Gasteiger charge is 2.07. The Bertz CT molecular complexity index is 482. The molecule has 0 atom stereocenters. The van der Waals surface area contributed by atoms with Crippen molar-refractivity contribution in [2.75, 3.05) is 11.2 Å². The first-order valence-electron chi connectivity index (χ1n) is 5.14. The van der Waals surface area contributed by atoms with Crippen LogP contribution in [0.1, 0.15) is 15.2 Å². The van der Waals surface area contributed by atoms with Gasteiger partial charge in [-0.1, -0.05) is 12.1 Å². The topological polar surface area (TPSA) is 42.0 Å². The van der Waals surface area contributed by atoms with E-state index in [9.17, 15) is 4.79 Å². The van der Waals surface area contributed by atoms with E-state index in [1.54, 1.807) is 11.7 Å². The highest BCUT2D eigenvalue weighted by molar-refractivity contribution is 7.11. The van der Waals surface area contributed by atoms with Crippen molar-refractivity contribution < 1.29 is 4.79 Å². The molecule has 0 spiro atoms. The third-order valence-corrected chi connectivity index (χ3v) is 3.21. The summed E-state index contributed by atoms with van der Waals surface area (Å²) in [5, 5.41) is 2.81. The van der Waals surface area contributed by atoms with Crippen LogP contribution in [0.25, 0.3) is 0 Å². The predicted octanol–water partition coefficient (Wildman–Crippen LogP) is 3.18. The van der Waals surface area contributed by atoms with E-state index in [4.69, 9.17) is 11.6 Å². The molecule has 0 unspecified atom stereocenters. The van der Waals surface area contributed by atoms with Crippen LogP contribution < -0.4 is 5.32 Å². The number of aryl methyl sites for hydroxylation is 1. The molecule has 0 fully saturated rings. The maximum Gasteiger partial charge on any atom is 0.267 e. The van der Waals surface area contributed by atoms with Crippen LogP contribution in [0.2, 0.25) is 0 Å². The summed E-state index contributed by atoms with van der Waals surface area (Å²) in [5.41, 5.74) is 3.58. The first-order valence-corrected chi connectivity index (χ1v) is 6.56. The number of aromatic nitrogens is 1. The number of hydrogen-bond acceptors (Lipinski definition) is 3. The third-order valence-electron chi connectivity index (χ3n) is 2.25. The monoisotopic (exact) mass is 266 g/mol. The number of thiazole rings is 1. The van der Waals surface area contributed by atoms with Crippen LogP contribution in [-0.2, 0) is 6.42 Å². The molecule has 0 saturated carbocycles. The SMILES string of the molecule is O=C(Nc1ccc(CCCl)cc1)c1cncs1. The van der Waals surface area contributed by atoms with Crippen molar-refractivity contribution in [2.24, 2.45) is 0 Å². The highest BCUT2D eigenvalue weighted by Crippen LogP contribution is 2.13. The number of nitrogens with zero attached hydrogens (tertiary/aromatic N) is 1. The van der Waals surface area contributed by atoms with Gasteiger partial charge in [-0.2, -0.15) is 0 Å². The number of carbonyl (C=O) groups excluding carboxylic acids is 1. The van der Waals surface area contributed by atoms with Crippen LogP contribution in [-0.4, -0.2) is 16.8 Å². The number of hydrogen-bond donors (Lipinski definition) is 1. The Labute approximate surface area is 108 Å². The fourth-order valence-corrected chi connectivity index (χ4v) is 2.12. The lowest BCUT2D eigenvalue weighted by Gasteiger charge is -2.04. The summed E-state index contributed by atoms with van der Waals surface area (Å²) in [6.45, 7) is 0. The molecule has 2 rings (SSSR count). The first kappa shape index (κ1) is 12.1. The molecule has 1 aromatic carbocycles. The van der Waals surface area contributed by atoms with Crippen molar-refractivity contribution in [2.45, 2.75) is 6.42 Å². The predicted molar refractivity (Wildman–Crippen MR) is 70.9 cm³/mol. The zero-order chi connectivity index (χ0) is 12.1. The van der Waals surface area contributed by atoms with Gasteiger partial charge in [-0.05, 0) is 24.1 Å². The second-order valence-electron chi connectivity index (χ2n) is 3.46. The number of alkyl halides is 1. The van der Waals surface area contributed by atoms with Crippen LogP contribution in [0.5, 0.6) is 0 Å². The normalized spacial score (nSPS) is 10.2. The Morgan fingerprint density at radius 2 is 2.12 bits per heavy atom. The quantitative estimate of drug-likeness (QED) is 0.864. The summed E-state index contributed by atoms with van der Waals surface area (Å²) < 4.78 is 0. The molecule has 1 heterocycles. The van der Waals surface area contributed by atoms with E-state index in [-0.39, 0.29) is 5.91 Å². The zero-order valence-corrected chi connectivity index (χ0v) is 10.6. The Morgan fingerprint density at radius 1 is 1.35 bits per heavy atom. The average Bonchev–Trinajstić information content (AvgIpc) is 2.86. The van der Waals surface area contributed by atoms with Crippen molar-refractivity contribution >= 4 is 34.5 Å². The molecule has 1 amide bonds. The Hall–Kier alpha value is -1.39. The van der Waals surface area contributed by atoms with Gasteiger partial charge in [0.1, 0.15) is 4.88 Å². The second kappa shape index (κ2) is 5.80. The fraction of sp³-hybridized carbons (Fsp3) is 0.167. The van der Waals surface area contributed by atoms with Crippen molar-refractivity contribution in [3.63, 3.8) is 0 Å². The van der Waals surface area contributed by atoms with Gasteiger partial charge in [-0.3, -0.25) is 9.78 Å². The van der Waals surface area contributed by atoms with Crippen molar-refractivity contribution in [1.29, 1.82) is 0 Å². The summed E-state index contributed by atoms with van der Waals surface area (Å²) in [6.07, 6.45) is 2.40. The van der Waals surface area contributed by atoms with E-state index < -0.39 is 0 Å². The van der Waals surface area contributed by atoms with Crippen LogP contribution in [0.3, 0.4) is 0 Å². The van der Waals surface area contributed by atoms with E-state index in [1.165, 1.54) is 11.3 Å². The van der Waals surface area contributed by atoms with Gasteiger partial charge in [0, 0.05) is 11.6 Å². The van der Waals surface area contributed by atoms with Gasteiger partial charge in [0.05, 0.1) is 11.7 Å². The summed E-state index contributed by atoms with van der Waals surface area (Å²) in [7, 11) is 0. The van der Waals surface area contributed by atoms with E-state index >= 15 is 0 Å². The standard InChI is InChI=1S/C12H11ClN2OS/c13-6-5-9-1-3-10(4-2-9)15-12(16)11-7-14-8-17-11/h1-4,7-8H,5-6H2,(H,15,16). The summed E-state index contributed by atoms with van der Waals surface area (Å²) in [4.78, 5) is 16.2. The molecule has 3 nitrogen and oxygen atoms in total. The Balaban J connectivity index is 2.01. The molecular formula is C12H11ClN2OS. The number of amides is 1. The molecule has 0 aliphatic heterocycles. The molecule has 0 aliphatic rings. The fourth-order valence-electron chi connectivity index (χ4n) is 1.38. The Kier molecular flexibility index (Phi) is 4.12. The third kappa shape index (κ3) is 3.28. The van der Waals surface area contributed by atoms with E-state index in [1.807, 2.05) is 24.3 Å². The second-order valence-corrected chi connectivity index (χ2v) is 4.72. The van der Waals surface area contributed by atoms with Gasteiger partial charge < -0.3 is 5.32 Å². The maximum absolute atomic E-state index is 11.7. The molecule has 0 saturated heterocycles. The van der Waals surface area contributed by atoms with E-state index in [0.717, 1.165) is 17.7 Å². The molecule has 0 bridgehead atoms. The number of anilines is 1. The van der Waals surface area contributed by atoms with Crippen molar-refractivity contribution in [3.8, 4) is 0 Å². The highest BCUT2D eigenvalue weighted by atomic mass is 35.5. The van der Waals surface area contributed by atoms with E-state index in [0.29, 0.717) is 10.8 Å². The Morgan fingerprint density at radius 3 is 2.71 bits per heavy atom. The maximum atomic E-state index is 11.7. The number of halogens is 1. The van der Waals surface area contributed by atoms with E-state index in [2.05, 4.69) is 10.3 Å². The van der Waals surface area contributed by atoms with Gasteiger partial charge in [0.2, 0.25) is 0 Å². The summed E-state index contributed by atoms with van der Waals surface area (Å²) in [6, 6.07) is 7.68. The molecule has 1 N–H and O–H groups in total. The van der Waals surface area contributed by atoms with Crippen LogP contribution in [0.15, 0.2) is 36.0 Å². The molecule has 2 aromatic rings. The number of rotatable bonds is 4. The molecule has 5 heteroatoms. The zero-order valence-electron chi connectivity index (χ0n) is 9.02. The first-order chi connectivity index (χ1) is 8.29. The molecule has 0 aliphatic carbocycles. The average molecular weight is 267 g/mol. The summed E-state index contributed by atoms with van der Waals surface area (Å²) >= 11 is 6.97. The van der Waals surface area contributed by atoms with Gasteiger partial charge in [0.15, 0.2) is 0 Å². The molecule has 88 valence electrons. The number of carbonyl (C=O) groups is 1. The van der Waals surface area contributed by atoms with Gasteiger partial charge in [0.25, 0.3) is 5.91 Å². The minimum Gasteiger partial charge on any atom is -0.321 e. The number of benzene rings is 1. The lowest BCUT2D eigenvalue weighted by molar-refractivity contribution is 0.103. The van der Waals surface area contributed by atoms with Crippen LogP contribution >= 0.6 is 22.9 Å². The minimum absolute atomic E-state index is 0.127. The van der Waals surface area contributed by atoms with Gasteiger partial charge in [-0.15, -0.1) is 22.9 Å². The van der Waals surface area contributed by atoms with Crippen LogP contribution in [0, 0.1) is 0 Å². The lowest BCUT2D eigenvalue weighted by atomic mass is 10.1.